The summed E-state index contributed by atoms with van der Waals surface area (Å²) in [6.45, 7) is 3.97. The number of halogens is 1. The maximum absolute atomic E-state index is 15.3. The molecule has 5 atom stereocenters. The molecule has 3 N–H and O–H groups in total. The molecule has 0 aromatic carbocycles. The van der Waals surface area contributed by atoms with E-state index in [0.29, 0.717) is 18.9 Å². The SMILES string of the molecule is O=C1CN(C2C(O)CC3CCN(CC4CNC4)CC3C2F)S(=O)(=O)N1. The first-order valence-corrected chi connectivity index (χ1v) is 10.4. The molecule has 142 valence electrons. The van der Waals surface area contributed by atoms with Gasteiger partial charge in [-0.15, -0.1) is 0 Å². The summed E-state index contributed by atoms with van der Waals surface area (Å²) in [4.78, 5) is 13.7. The topological polar surface area (TPSA) is 102 Å². The highest BCUT2D eigenvalue weighted by molar-refractivity contribution is 7.88. The quantitative estimate of drug-likeness (QED) is 0.542. The van der Waals surface area contributed by atoms with E-state index in [0.717, 1.165) is 36.9 Å². The lowest BCUT2D eigenvalue weighted by atomic mass is 9.70. The summed E-state index contributed by atoms with van der Waals surface area (Å²) < 4.78 is 42.2. The van der Waals surface area contributed by atoms with E-state index in [1.165, 1.54) is 0 Å². The lowest BCUT2D eigenvalue weighted by molar-refractivity contribution is -0.120. The van der Waals surface area contributed by atoms with Gasteiger partial charge in [0.25, 0.3) is 0 Å². The van der Waals surface area contributed by atoms with Gasteiger partial charge in [0.1, 0.15) is 6.17 Å². The Kier molecular flexibility index (Phi) is 4.52. The molecule has 5 unspecified atom stereocenters. The van der Waals surface area contributed by atoms with Gasteiger partial charge in [-0.05, 0) is 31.2 Å². The normalized spacial score (nSPS) is 42.6. The fourth-order valence-corrected chi connectivity index (χ4v) is 6.09. The van der Waals surface area contributed by atoms with Crippen molar-refractivity contribution in [2.75, 3.05) is 39.3 Å². The Morgan fingerprint density at radius 1 is 1.32 bits per heavy atom. The molecule has 10 heteroatoms. The lowest BCUT2D eigenvalue weighted by Crippen LogP contribution is -2.62. The number of carbonyl (C=O) groups is 1. The summed E-state index contributed by atoms with van der Waals surface area (Å²) in [5, 5.41) is 13.6. The molecule has 0 radical (unpaired) electrons. The van der Waals surface area contributed by atoms with Crippen molar-refractivity contribution in [2.45, 2.75) is 31.2 Å². The van der Waals surface area contributed by atoms with Crippen LogP contribution in [-0.4, -0.2) is 86.2 Å². The predicted molar refractivity (Wildman–Crippen MR) is 87.5 cm³/mol. The third-order valence-corrected chi connectivity index (χ3v) is 7.61. The first-order valence-electron chi connectivity index (χ1n) is 8.93. The van der Waals surface area contributed by atoms with E-state index in [1.807, 2.05) is 4.72 Å². The molecule has 3 heterocycles. The molecule has 0 bridgehead atoms. The van der Waals surface area contributed by atoms with E-state index in [-0.39, 0.29) is 11.8 Å². The highest BCUT2D eigenvalue weighted by atomic mass is 32.2. The molecule has 4 rings (SSSR count). The molecule has 0 spiro atoms. The summed E-state index contributed by atoms with van der Waals surface area (Å²) in [5.41, 5.74) is 0. The van der Waals surface area contributed by atoms with E-state index < -0.39 is 41.0 Å². The second kappa shape index (κ2) is 6.41. The number of alkyl halides is 1. The van der Waals surface area contributed by atoms with E-state index >= 15 is 4.39 Å². The number of aliphatic hydroxyl groups excluding tert-OH is 1. The van der Waals surface area contributed by atoms with Gasteiger partial charge in [0.2, 0.25) is 5.91 Å². The fraction of sp³-hybridized carbons (Fsp3) is 0.933. The molecule has 4 fully saturated rings. The molecule has 25 heavy (non-hydrogen) atoms. The van der Waals surface area contributed by atoms with Crippen molar-refractivity contribution in [3.05, 3.63) is 0 Å². The number of amides is 1. The summed E-state index contributed by atoms with van der Waals surface area (Å²) in [6.07, 6.45) is -1.35. The number of hydrogen-bond donors (Lipinski definition) is 3. The molecule has 1 amide bonds. The Balaban J connectivity index is 1.50. The van der Waals surface area contributed by atoms with Crippen LogP contribution in [0.5, 0.6) is 0 Å². The van der Waals surface area contributed by atoms with Crippen LogP contribution in [0.2, 0.25) is 0 Å². The molecule has 3 saturated heterocycles. The van der Waals surface area contributed by atoms with Crippen LogP contribution in [0.3, 0.4) is 0 Å². The van der Waals surface area contributed by atoms with Crippen molar-refractivity contribution >= 4 is 16.1 Å². The minimum Gasteiger partial charge on any atom is -0.391 e. The number of fused-ring (bicyclic) bond motifs is 1. The van der Waals surface area contributed by atoms with Gasteiger partial charge in [-0.25, -0.2) is 9.11 Å². The summed E-state index contributed by atoms with van der Waals surface area (Å²) in [5.74, 6) is -0.322. The summed E-state index contributed by atoms with van der Waals surface area (Å²) in [7, 11) is -4.05. The highest BCUT2D eigenvalue weighted by Gasteiger charge is 2.53. The average Bonchev–Trinajstić information content (AvgIpc) is 2.76. The van der Waals surface area contributed by atoms with Gasteiger partial charge in [-0.1, -0.05) is 0 Å². The number of likely N-dealkylation sites (tertiary alicyclic amines) is 1. The van der Waals surface area contributed by atoms with Crippen molar-refractivity contribution < 1.29 is 22.7 Å². The number of aliphatic hydroxyl groups is 1. The Labute approximate surface area is 146 Å². The van der Waals surface area contributed by atoms with Gasteiger partial charge in [-0.3, -0.25) is 4.79 Å². The molecular weight excluding hydrogens is 351 g/mol. The number of rotatable bonds is 3. The smallest absolute Gasteiger partial charge is 0.304 e. The molecule has 0 aromatic heterocycles. The number of nitrogens with zero attached hydrogens (tertiary/aromatic N) is 2. The maximum Gasteiger partial charge on any atom is 0.304 e. The van der Waals surface area contributed by atoms with Crippen molar-refractivity contribution in [3.63, 3.8) is 0 Å². The number of carbonyl (C=O) groups excluding carboxylic acids is 1. The van der Waals surface area contributed by atoms with Crippen LogP contribution in [-0.2, 0) is 15.0 Å². The predicted octanol–water partition coefficient (Wildman–Crippen LogP) is -1.71. The third-order valence-electron chi connectivity index (χ3n) is 6.13. The molecule has 3 aliphatic heterocycles. The van der Waals surface area contributed by atoms with E-state index in [9.17, 15) is 18.3 Å². The maximum atomic E-state index is 15.3. The first kappa shape index (κ1) is 17.6. The Hall–Kier alpha value is -0.810. The Morgan fingerprint density at radius 3 is 2.68 bits per heavy atom. The van der Waals surface area contributed by atoms with Crippen molar-refractivity contribution in [1.29, 1.82) is 0 Å². The number of hydrogen-bond acceptors (Lipinski definition) is 6. The van der Waals surface area contributed by atoms with E-state index in [2.05, 4.69) is 10.2 Å². The van der Waals surface area contributed by atoms with Crippen LogP contribution >= 0.6 is 0 Å². The third kappa shape index (κ3) is 3.18. The van der Waals surface area contributed by atoms with Crippen LogP contribution in [0, 0.1) is 17.8 Å². The lowest BCUT2D eigenvalue weighted by Gasteiger charge is -2.49. The van der Waals surface area contributed by atoms with Gasteiger partial charge in [-0.2, -0.15) is 12.7 Å². The van der Waals surface area contributed by atoms with E-state index in [4.69, 9.17) is 0 Å². The molecule has 8 nitrogen and oxygen atoms in total. The summed E-state index contributed by atoms with van der Waals surface area (Å²) >= 11 is 0. The Bertz CT molecular complexity index is 643. The number of nitrogens with one attached hydrogen (secondary N) is 2. The molecule has 1 saturated carbocycles. The molecule has 4 aliphatic rings. The number of piperidine rings is 1. The van der Waals surface area contributed by atoms with Gasteiger partial charge in [0.15, 0.2) is 0 Å². The monoisotopic (exact) mass is 376 g/mol. The van der Waals surface area contributed by atoms with Gasteiger partial charge < -0.3 is 15.3 Å². The molecular formula is C15H25FN4O4S. The van der Waals surface area contributed by atoms with Crippen LogP contribution in [0.1, 0.15) is 12.8 Å². The minimum atomic E-state index is -4.05. The zero-order valence-corrected chi connectivity index (χ0v) is 14.8. The Morgan fingerprint density at radius 2 is 2.08 bits per heavy atom. The molecule has 0 aromatic rings. The van der Waals surface area contributed by atoms with Crippen LogP contribution < -0.4 is 10.0 Å². The second-order valence-electron chi connectivity index (χ2n) is 7.81. The fourth-order valence-electron chi connectivity index (χ4n) is 4.76. The minimum absolute atomic E-state index is 0.0611. The van der Waals surface area contributed by atoms with E-state index in [1.54, 1.807) is 0 Å². The van der Waals surface area contributed by atoms with Gasteiger partial charge >= 0.3 is 10.2 Å². The average molecular weight is 376 g/mol. The zero-order valence-electron chi connectivity index (χ0n) is 14.0. The van der Waals surface area contributed by atoms with Crippen LogP contribution in [0.25, 0.3) is 0 Å². The van der Waals surface area contributed by atoms with Crippen LogP contribution in [0.15, 0.2) is 0 Å². The highest BCUT2D eigenvalue weighted by Crippen LogP contribution is 2.41. The molecule has 1 aliphatic carbocycles. The van der Waals surface area contributed by atoms with Crippen molar-refractivity contribution in [2.24, 2.45) is 17.8 Å². The van der Waals surface area contributed by atoms with Crippen molar-refractivity contribution in [1.82, 2.24) is 19.2 Å². The van der Waals surface area contributed by atoms with Gasteiger partial charge in [0.05, 0.1) is 18.7 Å². The zero-order chi connectivity index (χ0) is 17.8. The van der Waals surface area contributed by atoms with Crippen LogP contribution in [0.4, 0.5) is 4.39 Å². The van der Waals surface area contributed by atoms with Gasteiger partial charge in [0, 0.05) is 32.1 Å². The largest absolute Gasteiger partial charge is 0.391 e. The summed E-state index contributed by atoms with van der Waals surface area (Å²) in [6, 6.07) is -1.18. The first-order chi connectivity index (χ1) is 11.8. The standard InChI is InChI=1S/C15H25FN4O4S/c16-14-11-7-19(6-9-4-17-5-9)2-1-10(11)3-12(21)15(14)20-8-13(22)18-25(20,23)24/h9-12,14-15,17,21H,1-8H2,(H,18,22). The van der Waals surface area contributed by atoms with Crippen molar-refractivity contribution in [3.8, 4) is 0 Å². The second-order valence-corrected chi connectivity index (χ2v) is 9.43.